The Morgan fingerprint density at radius 3 is 2.79 bits per heavy atom. The first-order valence-corrected chi connectivity index (χ1v) is 5.21. The fourth-order valence-electron chi connectivity index (χ4n) is 2.00. The summed E-state index contributed by atoms with van der Waals surface area (Å²) in [6.45, 7) is 2.58. The number of rotatable bonds is 2. The summed E-state index contributed by atoms with van der Waals surface area (Å²) in [4.78, 5) is 0. The molecule has 1 aromatic rings. The summed E-state index contributed by atoms with van der Waals surface area (Å²) in [7, 11) is 0. The third kappa shape index (κ3) is 1.68. The summed E-state index contributed by atoms with van der Waals surface area (Å²) >= 11 is 0. The highest BCUT2D eigenvalue weighted by Crippen LogP contribution is 2.34. The van der Waals surface area contributed by atoms with E-state index in [1.54, 1.807) is 0 Å². The van der Waals surface area contributed by atoms with Gasteiger partial charge in [-0.2, -0.15) is 0 Å². The van der Waals surface area contributed by atoms with Crippen LogP contribution in [0, 0.1) is 0 Å². The SMILES string of the molecule is CCCC1OCC(O)c2ccccc21. The van der Waals surface area contributed by atoms with Crippen LogP contribution in [0.25, 0.3) is 0 Å². The Morgan fingerprint density at radius 2 is 2.07 bits per heavy atom. The second-order valence-corrected chi connectivity index (χ2v) is 3.76. The van der Waals surface area contributed by atoms with Crippen molar-refractivity contribution in [3.05, 3.63) is 35.4 Å². The van der Waals surface area contributed by atoms with Gasteiger partial charge in [-0.15, -0.1) is 0 Å². The zero-order valence-electron chi connectivity index (χ0n) is 8.44. The molecule has 0 spiro atoms. The lowest BCUT2D eigenvalue weighted by Crippen LogP contribution is -2.20. The Morgan fingerprint density at radius 1 is 1.36 bits per heavy atom. The fraction of sp³-hybridized carbons (Fsp3) is 0.500. The molecule has 0 saturated carbocycles. The van der Waals surface area contributed by atoms with E-state index in [1.807, 2.05) is 18.2 Å². The van der Waals surface area contributed by atoms with Gasteiger partial charge in [-0.3, -0.25) is 0 Å². The third-order valence-corrected chi connectivity index (χ3v) is 2.71. The predicted octanol–water partition coefficient (Wildman–Crippen LogP) is 2.59. The standard InChI is InChI=1S/C12H16O2/c1-2-5-12-10-7-4-3-6-9(10)11(13)8-14-12/h3-4,6-7,11-13H,2,5,8H2,1H3. The first-order chi connectivity index (χ1) is 6.83. The number of hydrogen-bond donors (Lipinski definition) is 1. The minimum absolute atomic E-state index is 0.180. The summed E-state index contributed by atoms with van der Waals surface area (Å²) in [6.07, 6.45) is 1.87. The molecule has 1 aliphatic rings. The van der Waals surface area contributed by atoms with Gasteiger partial charge in [-0.1, -0.05) is 37.6 Å². The van der Waals surface area contributed by atoms with Crippen LogP contribution in [0.4, 0.5) is 0 Å². The zero-order chi connectivity index (χ0) is 9.97. The van der Waals surface area contributed by atoms with Gasteiger partial charge in [0.25, 0.3) is 0 Å². The van der Waals surface area contributed by atoms with Crippen molar-refractivity contribution in [1.82, 2.24) is 0 Å². The molecule has 0 aliphatic carbocycles. The second-order valence-electron chi connectivity index (χ2n) is 3.76. The van der Waals surface area contributed by atoms with Gasteiger partial charge in [0.1, 0.15) is 6.10 Å². The molecule has 0 radical (unpaired) electrons. The molecule has 0 fully saturated rings. The molecule has 1 N–H and O–H groups in total. The molecule has 1 aromatic carbocycles. The average Bonchev–Trinajstić information content (AvgIpc) is 2.23. The van der Waals surface area contributed by atoms with Crippen LogP contribution in [0.15, 0.2) is 24.3 Å². The van der Waals surface area contributed by atoms with Crippen LogP contribution < -0.4 is 0 Å². The lowest BCUT2D eigenvalue weighted by Gasteiger charge is -2.29. The lowest BCUT2D eigenvalue weighted by atomic mass is 9.94. The first kappa shape index (κ1) is 9.69. The average molecular weight is 192 g/mol. The van der Waals surface area contributed by atoms with E-state index < -0.39 is 6.10 Å². The molecule has 1 heterocycles. The number of ether oxygens (including phenoxy) is 1. The molecule has 0 saturated heterocycles. The smallest absolute Gasteiger partial charge is 0.103 e. The van der Waals surface area contributed by atoms with E-state index >= 15 is 0 Å². The maximum absolute atomic E-state index is 9.72. The van der Waals surface area contributed by atoms with E-state index in [9.17, 15) is 5.11 Å². The van der Waals surface area contributed by atoms with Gasteiger partial charge in [0.15, 0.2) is 0 Å². The molecule has 0 amide bonds. The second kappa shape index (κ2) is 4.11. The fourth-order valence-corrected chi connectivity index (χ4v) is 2.00. The first-order valence-electron chi connectivity index (χ1n) is 5.21. The molecule has 76 valence electrons. The Kier molecular flexibility index (Phi) is 2.85. The van der Waals surface area contributed by atoms with Gasteiger partial charge in [0, 0.05) is 0 Å². The summed E-state index contributed by atoms with van der Waals surface area (Å²) in [6, 6.07) is 8.02. The number of aliphatic hydroxyl groups is 1. The summed E-state index contributed by atoms with van der Waals surface area (Å²) in [5.41, 5.74) is 2.20. The highest BCUT2D eigenvalue weighted by molar-refractivity contribution is 5.32. The van der Waals surface area contributed by atoms with E-state index in [4.69, 9.17) is 4.74 Å². The maximum atomic E-state index is 9.72. The third-order valence-electron chi connectivity index (χ3n) is 2.71. The molecule has 0 aromatic heterocycles. The summed E-state index contributed by atoms with van der Waals surface area (Å²) in [5, 5.41) is 9.72. The van der Waals surface area contributed by atoms with E-state index in [0.29, 0.717) is 6.61 Å². The minimum atomic E-state index is -0.445. The van der Waals surface area contributed by atoms with Crippen molar-refractivity contribution >= 4 is 0 Å². The monoisotopic (exact) mass is 192 g/mol. The minimum Gasteiger partial charge on any atom is -0.386 e. The molecule has 2 heteroatoms. The number of aliphatic hydroxyl groups excluding tert-OH is 1. The largest absolute Gasteiger partial charge is 0.386 e. The van der Waals surface area contributed by atoms with Crippen molar-refractivity contribution in [3.8, 4) is 0 Å². The quantitative estimate of drug-likeness (QED) is 0.780. The van der Waals surface area contributed by atoms with Gasteiger partial charge in [-0.25, -0.2) is 0 Å². The van der Waals surface area contributed by atoms with Crippen LogP contribution in [0.2, 0.25) is 0 Å². The van der Waals surface area contributed by atoms with E-state index in [0.717, 1.165) is 24.0 Å². The van der Waals surface area contributed by atoms with Gasteiger partial charge < -0.3 is 9.84 Å². The van der Waals surface area contributed by atoms with Crippen molar-refractivity contribution < 1.29 is 9.84 Å². The maximum Gasteiger partial charge on any atom is 0.103 e. The Labute approximate surface area is 84.5 Å². The van der Waals surface area contributed by atoms with Crippen molar-refractivity contribution in [2.45, 2.75) is 32.0 Å². The van der Waals surface area contributed by atoms with Gasteiger partial charge in [-0.05, 0) is 17.5 Å². The van der Waals surface area contributed by atoms with Crippen LogP contribution in [-0.4, -0.2) is 11.7 Å². The number of hydrogen-bond acceptors (Lipinski definition) is 2. The molecular weight excluding hydrogens is 176 g/mol. The predicted molar refractivity (Wildman–Crippen MR) is 55.0 cm³/mol. The van der Waals surface area contributed by atoms with E-state index in [-0.39, 0.29) is 6.10 Å². The Balaban J connectivity index is 2.31. The molecule has 2 atom stereocenters. The van der Waals surface area contributed by atoms with Crippen LogP contribution in [0.3, 0.4) is 0 Å². The Hall–Kier alpha value is -0.860. The van der Waals surface area contributed by atoms with Gasteiger partial charge >= 0.3 is 0 Å². The number of fused-ring (bicyclic) bond motifs is 1. The topological polar surface area (TPSA) is 29.5 Å². The van der Waals surface area contributed by atoms with Crippen LogP contribution in [-0.2, 0) is 4.74 Å². The molecule has 0 bridgehead atoms. The molecule has 14 heavy (non-hydrogen) atoms. The molecule has 2 unspecified atom stereocenters. The summed E-state index contributed by atoms with van der Waals surface area (Å²) < 4.78 is 5.61. The Bertz CT molecular complexity index is 309. The molecular formula is C12H16O2. The van der Waals surface area contributed by atoms with Crippen molar-refractivity contribution in [3.63, 3.8) is 0 Å². The zero-order valence-corrected chi connectivity index (χ0v) is 8.44. The van der Waals surface area contributed by atoms with Gasteiger partial charge in [0.05, 0.1) is 12.7 Å². The van der Waals surface area contributed by atoms with Crippen molar-refractivity contribution in [2.75, 3.05) is 6.61 Å². The van der Waals surface area contributed by atoms with Gasteiger partial charge in [0.2, 0.25) is 0 Å². The molecule has 2 nitrogen and oxygen atoms in total. The highest BCUT2D eigenvalue weighted by atomic mass is 16.5. The van der Waals surface area contributed by atoms with Crippen LogP contribution in [0.1, 0.15) is 43.1 Å². The van der Waals surface area contributed by atoms with Crippen LogP contribution >= 0.6 is 0 Å². The molecule has 2 rings (SSSR count). The van der Waals surface area contributed by atoms with E-state index in [1.165, 1.54) is 0 Å². The normalized spacial score (nSPS) is 25.9. The van der Waals surface area contributed by atoms with Crippen molar-refractivity contribution in [1.29, 1.82) is 0 Å². The van der Waals surface area contributed by atoms with Crippen LogP contribution in [0.5, 0.6) is 0 Å². The highest BCUT2D eigenvalue weighted by Gasteiger charge is 2.25. The number of benzene rings is 1. The lowest BCUT2D eigenvalue weighted by molar-refractivity contribution is -0.0338. The van der Waals surface area contributed by atoms with E-state index in [2.05, 4.69) is 13.0 Å². The molecule has 1 aliphatic heterocycles. The summed E-state index contributed by atoms with van der Waals surface area (Å²) in [5.74, 6) is 0. The van der Waals surface area contributed by atoms with Crippen molar-refractivity contribution in [2.24, 2.45) is 0 Å².